The molecular formula is C13H19NO3. The highest BCUT2D eigenvalue weighted by molar-refractivity contribution is 5.89. The van der Waals surface area contributed by atoms with Crippen LogP contribution in [0.15, 0.2) is 24.3 Å². The van der Waals surface area contributed by atoms with Crippen molar-refractivity contribution in [3.8, 4) is 0 Å². The van der Waals surface area contributed by atoms with Crippen LogP contribution in [0.2, 0.25) is 0 Å². The molecule has 0 N–H and O–H groups in total. The standard InChI is InChI=1S/C13H19NO3/c1-14(2)8-9-17-10-11-4-6-12(7-5-11)13(15)16-3/h4-7H,8-10H2,1-3H3. The molecule has 0 aromatic heterocycles. The first-order valence-corrected chi connectivity index (χ1v) is 5.53. The highest BCUT2D eigenvalue weighted by atomic mass is 16.5. The number of rotatable bonds is 6. The predicted octanol–water partition coefficient (Wildman–Crippen LogP) is 1.55. The van der Waals surface area contributed by atoms with Crippen molar-refractivity contribution in [2.45, 2.75) is 6.61 Å². The zero-order valence-electron chi connectivity index (χ0n) is 10.6. The summed E-state index contributed by atoms with van der Waals surface area (Å²) in [6, 6.07) is 7.25. The molecule has 0 unspecified atom stereocenters. The topological polar surface area (TPSA) is 38.8 Å². The van der Waals surface area contributed by atoms with Crippen molar-refractivity contribution >= 4 is 5.97 Å². The molecule has 0 radical (unpaired) electrons. The fourth-order valence-corrected chi connectivity index (χ4v) is 1.29. The van der Waals surface area contributed by atoms with Gasteiger partial charge in [-0.1, -0.05) is 12.1 Å². The number of hydrogen-bond acceptors (Lipinski definition) is 4. The van der Waals surface area contributed by atoms with Gasteiger partial charge in [0.1, 0.15) is 0 Å². The molecule has 1 aromatic rings. The quantitative estimate of drug-likeness (QED) is 0.556. The minimum atomic E-state index is -0.315. The van der Waals surface area contributed by atoms with E-state index in [9.17, 15) is 4.79 Å². The van der Waals surface area contributed by atoms with Crippen LogP contribution in [0.3, 0.4) is 0 Å². The molecule has 1 rings (SSSR count). The van der Waals surface area contributed by atoms with Gasteiger partial charge in [-0.05, 0) is 31.8 Å². The van der Waals surface area contributed by atoms with E-state index in [0.717, 1.165) is 12.1 Å². The largest absolute Gasteiger partial charge is 0.465 e. The third-order valence-corrected chi connectivity index (χ3v) is 2.33. The molecule has 0 bridgehead atoms. The van der Waals surface area contributed by atoms with Crippen LogP contribution in [0.4, 0.5) is 0 Å². The summed E-state index contributed by atoms with van der Waals surface area (Å²) in [6.07, 6.45) is 0. The number of carbonyl (C=O) groups is 1. The summed E-state index contributed by atoms with van der Waals surface area (Å²) in [4.78, 5) is 13.3. The molecule has 0 saturated carbocycles. The SMILES string of the molecule is COC(=O)c1ccc(COCCN(C)C)cc1. The molecule has 0 aliphatic carbocycles. The third-order valence-electron chi connectivity index (χ3n) is 2.33. The Balaban J connectivity index is 2.38. The lowest BCUT2D eigenvalue weighted by atomic mass is 10.1. The van der Waals surface area contributed by atoms with E-state index in [1.54, 1.807) is 12.1 Å². The fraction of sp³-hybridized carbons (Fsp3) is 0.462. The molecule has 17 heavy (non-hydrogen) atoms. The summed E-state index contributed by atoms with van der Waals surface area (Å²) in [5, 5.41) is 0. The smallest absolute Gasteiger partial charge is 0.337 e. The Bertz CT molecular complexity index is 346. The van der Waals surface area contributed by atoms with Gasteiger partial charge in [-0.25, -0.2) is 4.79 Å². The Hall–Kier alpha value is -1.39. The molecule has 0 atom stereocenters. The summed E-state index contributed by atoms with van der Waals surface area (Å²) in [6.45, 7) is 2.17. The van der Waals surface area contributed by atoms with Crippen LogP contribution in [-0.4, -0.2) is 45.2 Å². The van der Waals surface area contributed by atoms with Crippen molar-refractivity contribution in [2.75, 3.05) is 34.4 Å². The molecule has 1 aromatic carbocycles. The van der Waals surface area contributed by atoms with Crippen molar-refractivity contribution in [3.05, 3.63) is 35.4 Å². The first kappa shape index (κ1) is 13.7. The van der Waals surface area contributed by atoms with Crippen LogP contribution in [0, 0.1) is 0 Å². The highest BCUT2D eigenvalue weighted by Crippen LogP contribution is 2.06. The second kappa shape index (κ2) is 7.04. The molecule has 4 heteroatoms. The number of benzene rings is 1. The number of nitrogens with zero attached hydrogens (tertiary/aromatic N) is 1. The van der Waals surface area contributed by atoms with Crippen molar-refractivity contribution in [2.24, 2.45) is 0 Å². The van der Waals surface area contributed by atoms with Crippen molar-refractivity contribution in [3.63, 3.8) is 0 Å². The number of hydrogen-bond donors (Lipinski definition) is 0. The zero-order chi connectivity index (χ0) is 12.7. The Kier molecular flexibility index (Phi) is 5.66. The lowest BCUT2D eigenvalue weighted by molar-refractivity contribution is 0.0600. The monoisotopic (exact) mass is 237 g/mol. The Morgan fingerprint density at radius 2 is 1.88 bits per heavy atom. The van der Waals surface area contributed by atoms with Crippen molar-refractivity contribution in [1.29, 1.82) is 0 Å². The summed E-state index contributed by atoms with van der Waals surface area (Å²) >= 11 is 0. The van der Waals surface area contributed by atoms with Gasteiger partial charge in [0.2, 0.25) is 0 Å². The van der Waals surface area contributed by atoms with Crippen LogP contribution in [0.25, 0.3) is 0 Å². The van der Waals surface area contributed by atoms with E-state index in [-0.39, 0.29) is 5.97 Å². The van der Waals surface area contributed by atoms with Crippen LogP contribution in [-0.2, 0) is 16.1 Å². The van der Waals surface area contributed by atoms with Crippen LogP contribution in [0.5, 0.6) is 0 Å². The van der Waals surface area contributed by atoms with Crippen LogP contribution < -0.4 is 0 Å². The summed E-state index contributed by atoms with van der Waals surface area (Å²) in [7, 11) is 5.39. The van der Waals surface area contributed by atoms with E-state index in [0.29, 0.717) is 18.8 Å². The molecule has 0 aliphatic rings. The third kappa shape index (κ3) is 4.97. The van der Waals surface area contributed by atoms with Gasteiger partial charge in [0.05, 0.1) is 25.9 Å². The van der Waals surface area contributed by atoms with Gasteiger partial charge < -0.3 is 14.4 Å². The van der Waals surface area contributed by atoms with Gasteiger partial charge in [0.15, 0.2) is 0 Å². The van der Waals surface area contributed by atoms with E-state index in [1.165, 1.54) is 7.11 Å². The average Bonchev–Trinajstić information content (AvgIpc) is 2.34. The Morgan fingerprint density at radius 1 is 1.24 bits per heavy atom. The molecular weight excluding hydrogens is 218 g/mol. The molecule has 94 valence electrons. The first-order valence-electron chi connectivity index (χ1n) is 5.53. The highest BCUT2D eigenvalue weighted by Gasteiger charge is 2.04. The molecule has 0 spiro atoms. The Morgan fingerprint density at radius 3 is 2.41 bits per heavy atom. The molecule has 0 heterocycles. The maximum absolute atomic E-state index is 11.2. The van der Waals surface area contributed by atoms with Gasteiger partial charge >= 0.3 is 5.97 Å². The van der Waals surface area contributed by atoms with Crippen molar-refractivity contribution < 1.29 is 14.3 Å². The van der Waals surface area contributed by atoms with Gasteiger partial charge in [0, 0.05) is 6.54 Å². The fourth-order valence-electron chi connectivity index (χ4n) is 1.29. The minimum Gasteiger partial charge on any atom is -0.465 e. The van der Waals surface area contributed by atoms with Crippen LogP contribution >= 0.6 is 0 Å². The van der Waals surface area contributed by atoms with E-state index >= 15 is 0 Å². The molecule has 0 aliphatic heterocycles. The van der Waals surface area contributed by atoms with E-state index < -0.39 is 0 Å². The van der Waals surface area contributed by atoms with E-state index in [1.807, 2.05) is 26.2 Å². The second-order valence-electron chi connectivity index (χ2n) is 4.04. The second-order valence-corrected chi connectivity index (χ2v) is 4.04. The maximum Gasteiger partial charge on any atom is 0.337 e. The summed E-state index contributed by atoms with van der Waals surface area (Å²) in [5.41, 5.74) is 1.61. The normalized spacial score (nSPS) is 10.6. The van der Waals surface area contributed by atoms with E-state index in [4.69, 9.17) is 4.74 Å². The molecule has 4 nitrogen and oxygen atoms in total. The first-order chi connectivity index (χ1) is 8.13. The van der Waals surface area contributed by atoms with Gasteiger partial charge in [-0.2, -0.15) is 0 Å². The number of carbonyl (C=O) groups excluding carboxylic acids is 1. The predicted molar refractivity (Wildman–Crippen MR) is 66.0 cm³/mol. The van der Waals surface area contributed by atoms with Crippen molar-refractivity contribution in [1.82, 2.24) is 4.90 Å². The number of ether oxygens (including phenoxy) is 2. The molecule has 0 amide bonds. The van der Waals surface area contributed by atoms with Gasteiger partial charge in [-0.3, -0.25) is 0 Å². The van der Waals surface area contributed by atoms with Gasteiger partial charge in [-0.15, -0.1) is 0 Å². The number of esters is 1. The molecule has 0 saturated heterocycles. The zero-order valence-corrected chi connectivity index (χ0v) is 10.6. The Labute approximate surface area is 102 Å². The van der Waals surface area contributed by atoms with Crippen LogP contribution in [0.1, 0.15) is 15.9 Å². The lowest BCUT2D eigenvalue weighted by Gasteiger charge is -2.09. The van der Waals surface area contributed by atoms with E-state index in [2.05, 4.69) is 9.64 Å². The number of methoxy groups -OCH3 is 1. The molecule has 0 fully saturated rings. The summed E-state index contributed by atoms with van der Waals surface area (Å²) in [5.74, 6) is -0.315. The maximum atomic E-state index is 11.2. The van der Waals surface area contributed by atoms with Gasteiger partial charge in [0.25, 0.3) is 0 Å². The number of likely N-dealkylation sites (N-methyl/N-ethyl adjacent to an activating group) is 1. The average molecular weight is 237 g/mol. The lowest BCUT2D eigenvalue weighted by Crippen LogP contribution is -2.17. The minimum absolute atomic E-state index is 0.315. The summed E-state index contributed by atoms with van der Waals surface area (Å²) < 4.78 is 10.1.